The van der Waals surface area contributed by atoms with Crippen LogP contribution in [-0.4, -0.2) is 29.1 Å². The molecule has 5 heteroatoms. The zero-order chi connectivity index (χ0) is 13.0. The van der Waals surface area contributed by atoms with Crippen LogP contribution in [0.5, 0.6) is 0 Å². The molecule has 0 aromatic carbocycles. The predicted molar refractivity (Wildman–Crippen MR) is 74.2 cm³/mol. The van der Waals surface area contributed by atoms with E-state index in [-0.39, 0.29) is 0 Å². The number of carbonyl (C=O) groups is 1. The minimum Gasteiger partial charge on any atom is -0.478 e. The van der Waals surface area contributed by atoms with E-state index in [0.717, 1.165) is 28.8 Å². The average molecular weight is 266 g/mol. The van der Waals surface area contributed by atoms with E-state index in [0.29, 0.717) is 0 Å². The maximum absolute atomic E-state index is 10.5. The van der Waals surface area contributed by atoms with Crippen LogP contribution in [-0.2, 0) is 4.79 Å². The maximum Gasteiger partial charge on any atom is 0.328 e. The number of carboxylic acid groups (broad SMARTS) is 1. The number of aromatic nitrogens is 1. The molecule has 0 atom stereocenters. The van der Waals surface area contributed by atoms with Crippen LogP contribution in [0, 0.1) is 6.92 Å². The van der Waals surface area contributed by atoms with Crippen LogP contribution in [0.3, 0.4) is 0 Å². The third kappa shape index (κ3) is 3.32. The molecule has 2 rings (SSSR count). The van der Waals surface area contributed by atoms with Crippen molar-refractivity contribution in [1.29, 1.82) is 0 Å². The Hall–Kier alpha value is -1.36. The fourth-order valence-corrected chi connectivity index (χ4v) is 3.11. The van der Waals surface area contributed by atoms with Gasteiger partial charge in [0.05, 0.1) is 10.6 Å². The third-order valence-corrected chi connectivity index (χ3v) is 4.26. The summed E-state index contributed by atoms with van der Waals surface area (Å²) in [7, 11) is 0. The zero-order valence-electron chi connectivity index (χ0n) is 10.6. The number of aliphatic carboxylic acids is 1. The van der Waals surface area contributed by atoms with Crippen LogP contribution in [0.25, 0.3) is 6.08 Å². The molecule has 18 heavy (non-hydrogen) atoms. The standard InChI is InChI=1S/C13H18N2O2S/c1-10-11(6-7-12(16)17)18-13(14-10)15-8-4-2-3-5-9-15/h6-7H,2-5,8-9H2,1H3,(H,16,17)/b7-6+. The van der Waals surface area contributed by atoms with Crippen LogP contribution in [0.2, 0.25) is 0 Å². The number of anilines is 1. The Labute approximate surface area is 111 Å². The van der Waals surface area contributed by atoms with E-state index >= 15 is 0 Å². The van der Waals surface area contributed by atoms with E-state index in [1.807, 2.05) is 6.92 Å². The van der Waals surface area contributed by atoms with E-state index in [9.17, 15) is 4.79 Å². The Morgan fingerprint density at radius 2 is 2.00 bits per heavy atom. The highest BCUT2D eigenvalue weighted by molar-refractivity contribution is 7.16. The topological polar surface area (TPSA) is 53.4 Å². The van der Waals surface area contributed by atoms with Crippen LogP contribution >= 0.6 is 11.3 Å². The molecule has 1 saturated heterocycles. The number of rotatable bonds is 3. The lowest BCUT2D eigenvalue weighted by Crippen LogP contribution is -2.23. The molecule has 0 radical (unpaired) electrons. The Balaban J connectivity index is 2.14. The first-order chi connectivity index (χ1) is 8.66. The molecule has 2 heterocycles. The summed E-state index contributed by atoms with van der Waals surface area (Å²) >= 11 is 1.58. The second-order valence-electron chi connectivity index (χ2n) is 4.52. The van der Waals surface area contributed by atoms with Gasteiger partial charge in [0.1, 0.15) is 0 Å². The highest BCUT2D eigenvalue weighted by atomic mass is 32.1. The first kappa shape index (κ1) is 13.1. The van der Waals surface area contributed by atoms with Crippen molar-refractivity contribution < 1.29 is 9.90 Å². The fourth-order valence-electron chi connectivity index (χ4n) is 2.09. The van der Waals surface area contributed by atoms with Gasteiger partial charge in [-0.2, -0.15) is 0 Å². The largest absolute Gasteiger partial charge is 0.478 e. The average Bonchev–Trinajstić information content (AvgIpc) is 2.55. The van der Waals surface area contributed by atoms with Gasteiger partial charge >= 0.3 is 5.97 Å². The van der Waals surface area contributed by atoms with Gasteiger partial charge in [0.15, 0.2) is 5.13 Å². The van der Waals surface area contributed by atoms with Gasteiger partial charge in [0.2, 0.25) is 0 Å². The molecule has 1 fully saturated rings. The molecular formula is C13H18N2O2S. The number of hydrogen-bond donors (Lipinski definition) is 1. The van der Waals surface area contributed by atoms with Gasteiger partial charge < -0.3 is 10.0 Å². The first-order valence-electron chi connectivity index (χ1n) is 6.30. The van der Waals surface area contributed by atoms with Gasteiger partial charge in [-0.1, -0.05) is 24.2 Å². The van der Waals surface area contributed by atoms with Crippen molar-refractivity contribution in [1.82, 2.24) is 4.98 Å². The molecule has 0 bridgehead atoms. The number of nitrogens with zero attached hydrogens (tertiary/aromatic N) is 2. The fraction of sp³-hybridized carbons (Fsp3) is 0.538. The Kier molecular flexibility index (Phi) is 4.36. The van der Waals surface area contributed by atoms with E-state index < -0.39 is 5.97 Å². The molecule has 1 N–H and O–H groups in total. The summed E-state index contributed by atoms with van der Waals surface area (Å²) in [6.45, 7) is 4.06. The molecule has 98 valence electrons. The van der Waals surface area contributed by atoms with Gasteiger partial charge in [-0.15, -0.1) is 0 Å². The van der Waals surface area contributed by atoms with Gasteiger partial charge in [-0.05, 0) is 25.8 Å². The van der Waals surface area contributed by atoms with Crippen LogP contribution in [0.4, 0.5) is 5.13 Å². The summed E-state index contributed by atoms with van der Waals surface area (Å²) in [4.78, 5) is 18.3. The Bertz CT molecular complexity index is 446. The third-order valence-electron chi connectivity index (χ3n) is 3.08. The van der Waals surface area contributed by atoms with Crippen molar-refractivity contribution in [3.05, 3.63) is 16.6 Å². The summed E-state index contributed by atoms with van der Waals surface area (Å²) in [5, 5.41) is 9.67. The second kappa shape index (κ2) is 6.00. The molecule has 1 aliphatic heterocycles. The molecular weight excluding hydrogens is 248 g/mol. The molecule has 0 unspecified atom stereocenters. The van der Waals surface area contributed by atoms with Crippen molar-refractivity contribution in [2.24, 2.45) is 0 Å². The van der Waals surface area contributed by atoms with Crippen LogP contribution in [0.1, 0.15) is 36.3 Å². The molecule has 1 aliphatic rings. The monoisotopic (exact) mass is 266 g/mol. The smallest absolute Gasteiger partial charge is 0.328 e. The van der Waals surface area contributed by atoms with Crippen molar-refractivity contribution in [2.45, 2.75) is 32.6 Å². The lowest BCUT2D eigenvalue weighted by atomic mass is 10.2. The lowest BCUT2D eigenvalue weighted by Gasteiger charge is -2.18. The quantitative estimate of drug-likeness (QED) is 0.855. The van der Waals surface area contributed by atoms with Crippen molar-refractivity contribution in [2.75, 3.05) is 18.0 Å². The lowest BCUT2D eigenvalue weighted by molar-refractivity contribution is -0.131. The number of carboxylic acids is 1. The molecule has 0 spiro atoms. The highest BCUT2D eigenvalue weighted by Gasteiger charge is 2.14. The molecule has 0 amide bonds. The van der Waals surface area contributed by atoms with E-state index in [1.165, 1.54) is 31.8 Å². The predicted octanol–water partition coefficient (Wildman–Crippen LogP) is 2.93. The van der Waals surface area contributed by atoms with Gasteiger partial charge in [-0.25, -0.2) is 9.78 Å². The van der Waals surface area contributed by atoms with Crippen molar-refractivity contribution >= 4 is 28.5 Å². The number of aryl methyl sites for hydroxylation is 1. The number of hydrogen-bond acceptors (Lipinski definition) is 4. The van der Waals surface area contributed by atoms with Gasteiger partial charge in [0, 0.05) is 19.2 Å². The maximum atomic E-state index is 10.5. The van der Waals surface area contributed by atoms with E-state index in [1.54, 1.807) is 17.4 Å². The van der Waals surface area contributed by atoms with Crippen LogP contribution < -0.4 is 4.90 Å². The Morgan fingerprint density at radius 3 is 2.61 bits per heavy atom. The second-order valence-corrected chi connectivity index (χ2v) is 5.53. The molecule has 1 aromatic heterocycles. The summed E-state index contributed by atoms with van der Waals surface area (Å²) < 4.78 is 0. The highest BCUT2D eigenvalue weighted by Crippen LogP contribution is 2.28. The van der Waals surface area contributed by atoms with Gasteiger partial charge in [0.25, 0.3) is 0 Å². The van der Waals surface area contributed by atoms with Crippen molar-refractivity contribution in [3.8, 4) is 0 Å². The molecule has 0 aliphatic carbocycles. The minimum absolute atomic E-state index is 0.914. The summed E-state index contributed by atoms with van der Waals surface area (Å²) in [5.74, 6) is -0.917. The van der Waals surface area contributed by atoms with Crippen LogP contribution in [0.15, 0.2) is 6.08 Å². The normalized spacial score (nSPS) is 17.1. The SMILES string of the molecule is Cc1nc(N2CCCCCC2)sc1/C=C/C(=O)O. The summed E-state index contributed by atoms with van der Waals surface area (Å²) in [5.41, 5.74) is 0.914. The Morgan fingerprint density at radius 1 is 1.33 bits per heavy atom. The van der Waals surface area contributed by atoms with E-state index in [2.05, 4.69) is 9.88 Å². The van der Waals surface area contributed by atoms with E-state index in [4.69, 9.17) is 5.11 Å². The number of thiazole rings is 1. The summed E-state index contributed by atoms with van der Waals surface area (Å²) in [6, 6.07) is 0. The van der Waals surface area contributed by atoms with Gasteiger partial charge in [-0.3, -0.25) is 0 Å². The molecule has 0 saturated carbocycles. The zero-order valence-corrected chi connectivity index (χ0v) is 11.4. The molecule has 4 nitrogen and oxygen atoms in total. The molecule has 1 aromatic rings. The first-order valence-corrected chi connectivity index (χ1v) is 7.12. The van der Waals surface area contributed by atoms with Crippen molar-refractivity contribution in [3.63, 3.8) is 0 Å². The minimum atomic E-state index is -0.917. The summed E-state index contributed by atoms with van der Waals surface area (Å²) in [6.07, 6.45) is 7.85.